The predicted molar refractivity (Wildman–Crippen MR) is 196 cm³/mol. The lowest BCUT2D eigenvalue weighted by Gasteiger charge is -2.64. The first-order valence-corrected chi connectivity index (χ1v) is 18.5. The van der Waals surface area contributed by atoms with E-state index in [2.05, 4.69) is 55.4 Å². The molecular weight excluding hydrogens is 643 g/mol. The number of amides is 2. The summed E-state index contributed by atoms with van der Waals surface area (Å²) in [5.41, 5.74) is 2.07. The van der Waals surface area contributed by atoms with E-state index < -0.39 is 12.7 Å². The molecule has 1 unspecified atom stereocenters. The molecule has 1 aromatic carbocycles. The van der Waals surface area contributed by atoms with Crippen LogP contribution >= 0.6 is 0 Å². The molecule has 2 N–H and O–H groups in total. The van der Waals surface area contributed by atoms with Crippen molar-refractivity contribution in [3.8, 4) is 11.3 Å². The minimum absolute atomic E-state index is 0.0122. The van der Waals surface area contributed by atoms with Crippen LogP contribution in [0, 0.1) is 23.2 Å². The third kappa shape index (κ3) is 6.61. The van der Waals surface area contributed by atoms with Crippen LogP contribution in [0.2, 0.25) is 0 Å². The summed E-state index contributed by atoms with van der Waals surface area (Å²) in [5, 5.41) is 15.4. The topological polar surface area (TPSA) is 129 Å². The molecule has 8 rings (SSSR count). The van der Waals surface area contributed by atoms with Crippen LogP contribution in [-0.2, 0) is 25.4 Å². The van der Waals surface area contributed by atoms with E-state index in [4.69, 9.17) is 19.2 Å². The van der Waals surface area contributed by atoms with Crippen LogP contribution in [0.15, 0.2) is 66.1 Å². The Labute approximate surface area is 301 Å². The summed E-state index contributed by atoms with van der Waals surface area (Å²) in [6.45, 7) is 15.3. The van der Waals surface area contributed by atoms with Gasteiger partial charge in [0.25, 0.3) is 11.8 Å². The summed E-state index contributed by atoms with van der Waals surface area (Å²) in [6, 6.07) is 15.3. The largest absolute Gasteiger partial charge is 0.481 e. The molecule has 2 aromatic heterocycles. The minimum atomic E-state index is -1.30. The number of nitrogens with one attached hydrogen (secondary N) is 2. The van der Waals surface area contributed by atoms with Crippen molar-refractivity contribution in [3.63, 3.8) is 0 Å². The molecule has 2 amide bonds. The quantitative estimate of drug-likeness (QED) is 0.229. The summed E-state index contributed by atoms with van der Waals surface area (Å²) in [4.78, 5) is 38.3. The SMILES string of the molecule is CC(C)C[C@H](NC(=O)C1(Cc2ccccc2)CC(CNC(=O)c2cc(-c3ccncc3)nn2C(C)C)=NO1)B1O[C@@H]2C[C@@H]3C[C@@H](C3(C)C)[C@]2(C)O1. The van der Waals surface area contributed by atoms with Gasteiger partial charge < -0.3 is 24.8 Å². The average Bonchev–Trinajstić information content (AvgIpc) is 3.83. The first-order chi connectivity index (χ1) is 24.3. The standard InChI is InChI=1S/C39H51BN6O5/c1-24(2)17-34(40-49-33-19-28-18-32(37(28,5)6)38(33,7)50-40)43-36(48)39(21-26-11-9-8-10-12-26)22-29(45-51-39)23-42-35(47)31-20-30(44-46(31)25(3)4)27-13-15-41-16-14-27/h8-16,20,24-25,28,32-34H,17-19,21-23H2,1-7H3,(H,42,47)(H,43,48)/t28-,32-,33+,34-,38-,39?/m0/s1. The molecule has 0 spiro atoms. The molecule has 6 atom stereocenters. The number of aromatic nitrogens is 3. The Bertz CT molecular complexity index is 1780. The van der Waals surface area contributed by atoms with Gasteiger partial charge in [-0.2, -0.15) is 5.10 Å². The average molecular weight is 695 g/mol. The zero-order chi connectivity index (χ0) is 36.1. The van der Waals surface area contributed by atoms with Crippen LogP contribution in [0.1, 0.15) is 96.2 Å². The maximum absolute atomic E-state index is 14.5. The van der Waals surface area contributed by atoms with Crippen molar-refractivity contribution in [3.05, 3.63) is 72.2 Å². The number of benzene rings is 1. The molecule has 3 aromatic rings. The van der Waals surface area contributed by atoms with Crippen LogP contribution in [0.3, 0.4) is 0 Å². The van der Waals surface area contributed by atoms with Gasteiger partial charge in [0.2, 0.25) is 5.60 Å². The van der Waals surface area contributed by atoms with Gasteiger partial charge in [-0.15, -0.1) is 0 Å². The van der Waals surface area contributed by atoms with Crippen molar-refractivity contribution in [1.82, 2.24) is 25.4 Å². The van der Waals surface area contributed by atoms with E-state index >= 15 is 0 Å². The number of carbonyl (C=O) groups excluding carboxylic acids is 2. The zero-order valence-corrected chi connectivity index (χ0v) is 30.9. The summed E-state index contributed by atoms with van der Waals surface area (Å²) in [7, 11) is -0.556. The number of rotatable bonds is 12. The fourth-order valence-electron chi connectivity index (χ4n) is 8.87. The molecular formula is C39H51BN6O5. The van der Waals surface area contributed by atoms with Gasteiger partial charge >= 0.3 is 7.12 Å². The van der Waals surface area contributed by atoms with Crippen molar-refractivity contribution in [2.24, 2.45) is 28.3 Å². The summed E-state index contributed by atoms with van der Waals surface area (Å²) >= 11 is 0. The van der Waals surface area contributed by atoms with E-state index in [0.29, 0.717) is 41.8 Å². The Balaban J connectivity index is 1.07. The van der Waals surface area contributed by atoms with Crippen molar-refractivity contribution in [2.45, 2.75) is 110 Å². The number of nitrogens with zero attached hydrogens (tertiary/aromatic N) is 4. The number of pyridine rings is 1. The highest BCUT2D eigenvalue weighted by Gasteiger charge is 2.68. The molecule has 3 saturated carbocycles. The van der Waals surface area contributed by atoms with Gasteiger partial charge in [-0.3, -0.25) is 19.3 Å². The van der Waals surface area contributed by atoms with Gasteiger partial charge in [0, 0.05) is 36.8 Å². The number of oxime groups is 1. The summed E-state index contributed by atoms with van der Waals surface area (Å²) < 4.78 is 15.2. The number of hydrogen-bond acceptors (Lipinski definition) is 8. The van der Waals surface area contributed by atoms with Crippen molar-refractivity contribution in [1.29, 1.82) is 0 Å². The molecule has 0 radical (unpaired) electrons. The van der Waals surface area contributed by atoms with Gasteiger partial charge in [-0.1, -0.05) is 63.2 Å². The van der Waals surface area contributed by atoms with E-state index in [1.54, 1.807) is 23.1 Å². The van der Waals surface area contributed by atoms with E-state index in [-0.39, 0.29) is 59.8 Å². The Kier molecular flexibility index (Phi) is 9.37. The van der Waals surface area contributed by atoms with Crippen LogP contribution in [0.4, 0.5) is 0 Å². The Morgan fingerprint density at radius 3 is 2.47 bits per heavy atom. The van der Waals surface area contributed by atoms with E-state index in [1.807, 2.05) is 56.3 Å². The minimum Gasteiger partial charge on any atom is -0.404 e. The lowest BCUT2D eigenvalue weighted by molar-refractivity contribution is -0.199. The third-order valence-corrected chi connectivity index (χ3v) is 11.8. The van der Waals surface area contributed by atoms with Gasteiger partial charge in [0.15, 0.2) is 0 Å². The molecule has 2 bridgehead atoms. The zero-order valence-electron chi connectivity index (χ0n) is 30.9. The molecule has 11 nitrogen and oxygen atoms in total. The normalized spacial score (nSPS) is 28.1. The maximum atomic E-state index is 14.5. The first kappa shape index (κ1) is 35.4. The fourth-order valence-corrected chi connectivity index (χ4v) is 8.87. The maximum Gasteiger partial charge on any atom is 0.481 e. The van der Waals surface area contributed by atoms with Gasteiger partial charge in [0.1, 0.15) is 5.69 Å². The summed E-state index contributed by atoms with van der Waals surface area (Å²) in [6.07, 6.45) is 6.78. The highest BCUT2D eigenvalue weighted by atomic mass is 16.7. The van der Waals surface area contributed by atoms with E-state index in [1.165, 1.54) is 0 Å². The molecule has 51 heavy (non-hydrogen) atoms. The molecule has 270 valence electrons. The van der Waals surface area contributed by atoms with Gasteiger partial charge in [0.05, 0.1) is 35.6 Å². The lowest BCUT2D eigenvalue weighted by atomic mass is 9.43. The Morgan fingerprint density at radius 2 is 1.78 bits per heavy atom. The fraction of sp³-hybridized carbons (Fsp3) is 0.564. The highest BCUT2D eigenvalue weighted by Crippen LogP contribution is 2.65. The summed E-state index contributed by atoms with van der Waals surface area (Å²) in [5.74, 6) is 0.424. The van der Waals surface area contributed by atoms with Gasteiger partial charge in [-0.05, 0) is 87.0 Å². The van der Waals surface area contributed by atoms with Crippen LogP contribution in [0.5, 0.6) is 0 Å². The molecule has 3 aliphatic carbocycles. The second-order valence-electron chi connectivity index (χ2n) is 16.5. The van der Waals surface area contributed by atoms with Crippen molar-refractivity contribution in [2.75, 3.05) is 6.54 Å². The molecule has 4 fully saturated rings. The van der Waals surface area contributed by atoms with Gasteiger partial charge in [-0.25, -0.2) is 0 Å². The molecule has 1 saturated heterocycles. The second kappa shape index (κ2) is 13.5. The smallest absolute Gasteiger partial charge is 0.404 e. The Morgan fingerprint density at radius 1 is 1.04 bits per heavy atom. The van der Waals surface area contributed by atoms with Crippen LogP contribution in [0.25, 0.3) is 11.3 Å². The molecule has 5 aliphatic rings. The predicted octanol–water partition coefficient (Wildman–Crippen LogP) is 5.81. The third-order valence-electron chi connectivity index (χ3n) is 11.8. The van der Waals surface area contributed by atoms with Crippen molar-refractivity contribution < 1.29 is 23.7 Å². The van der Waals surface area contributed by atoms with E-state index in [9.17, 15) is 9.59 Å². The Hall–Kier alpha value is -4.03. The van der Waals surface area contributed by atoms with E-state index in [0.717, 1.165) is 24.0 Å². The monoisotopic (exact) mass is 694 g/mol. The van der Waals surface area contributed by atoms with Crippen molar-refractivity contribution >= 4 is 24.6 Å². The number of carbonyl (C=O) groups is 2. The molecule has 12 heteroatoms. The molecule has 2 aliphatic heterocycles. The van der Waals surface area contributed by atoms with Crippen LogP contribution < -0.4 is 10.6 Å². The first-order valence-electron chi connectivity index (χ1n) is 18.5. The molecule has 4 heterocycles. The lowest BCUT2D eigenvalue weighted by Crippen LogP contribution is -2.65. The van der Waals surface area contributed by atoms with Crippen LogP contribution in [-0.4, -0.2) is 69.2 Å². The highest BCUT2D eigenvalue weighted by molar-refractivity contribution is 6.48. The number of hydrogen-bond donors (Lipinski definition) is 2. The second-order valence-corrected chi connectivity index (χ2v) is 16.5.